The van der Waals surface area contributed by atoms with Gasteiger partial charge in [0.05, 0.1) is 0 Å². The van der Waals surface area contributed by atoms with E-state index in [1.54, 1.807) is 6.07 Å². The zero-order valence-corrected chi connectivity index (χ0v) is 18.5. The third-order valence-corrected chi connectivity index (χ3v) is 5.75. The van der Waals surface area contributed by atoms with Crippen LogP contribution < -0.4 is 0 Å². The summed E-state index contributed by atoms with van der Waals surface area (Å²) in [4.78, 5) is 4.53. The Labute approximate surface area is 181 Å². The minimum Gasteiger partial charge on any atom is -0.261 e. The van der Waals surface area contributed by atoms with Crippen molar-refractivity contribution in [3.8, 4) is 22.3 Å². The lowest BCUT2D eigenvalue weighted by Crippen LogP contribution is -1.91. The standard InChI is InChI=1S/C28H34FN/c1-3-5-7-8-9-10-22-12-14-23(15-13-22)27-19-17-24(20-28(27)29)25-16-18-26(30-21-25)11-6-4-2/h12-21H,3-11H2,1-2H3. The first-order valence-corrected chi connectivity index (χ1v) is 11.6. The van der Waals surface area contributed by atoms with Crippen LogP contribution in [0.25, 0.3) is 22.3 Å². The number of hydrogen-bond donors (Lipinski definition) is 0. The fourth-order valence-electron chi connectivity index (χ4n) is 3.81. The lowest BCUT2D eigenvalue weighted by Gasteiger charge is -2.09. The molecule has 0 spiro atoms. The summed E-state index contributed by atoms with van der Waals surface area (Å²) in [6, 6.07) is 18.0. The van der Waals surface area contributed by atoms with E-state index in [-0.39, 0.29) is 5.82 Å². The van der Waals surface area contributed by atoms with E-state index in [2.05, 4.69) is 37.0 Å². The summed E-state index contributed by atoms with van der Waals surface area (Å²) in [5.41, 5.74) is 5.85. The van der Waals surface area contributed by atoms with Gasteiger partial charge in [0.1, 0.15) is 5.82 Å². The van der Waals surface area contributed by atoms with Gasteiger partial charge in [0.15, 0.2) is 0 Å². The summed E-state index contributed by atoms with van der Waals surface area (Å²) in [5, 5.41) is 0. The Morgan fingerprint density at radius 2 is 1.37 bits per heavy atom. The summed E-state index contributed by atoms with van der Waals surface area (Å²) in [5.74, 6) is -0.185. The molecule has 0 saturated heterocycles. The smallest absolute Gasteiger partial charge is 0.131 e. The number of nitrogens with zero attached hydrogens (tertiary/aromatic N) is 1. The molecule has 0 aliphatic heterocycles. The molecule has 0 N–H and O–H groups in total. The molecule has 0 atom stereocenters. The fraction of sp³-hybridized carbons (Fsp3) is 0.393. The Balaban J connectivity index is 1.65. The van der Waals surface area contributed by atoms with Crippen molar-refractivity contribution in [3.05, 3.63) is 77.9 Å². The molecule has 2 aromatic carbocycles. The van der Waals surface area contributed by atoms with Gasteiger partial charge in [-0.05, 0) is 54.5 Å². The third kappa shape index (κ3) is 6.26. The quantitative estimate of drug-likeness (QED) is 0.293. The van der Waals surface area contributed by atoms with Gasteiger partial charge in [0.25, 0.3) is 0 Å². The molecule has 158 valence electrons. The predicted molar refractivity (Wildman–Crippen MR) is 126 cm³/mol. The van der Waals surface area contributed by atoms with Crippen LogP contribution in [0.15, 0.2) is 60.8 Å². The van der Waals surface area contributed by atoms with Crippen LogP contribution in [0.2, 0.25) is 0 Å². The maximum absolute atomic E-state index is 14.9. The van der Waals surface area contributed by atoms with Gasteiger partial charge in [-0.3, -0.25) is 4.98 Å². The van der Waals surface area contributed by atoms with E-state index < -0.39 is 0 Å². The lowest BCUT2D eigenvalue weighted by atomic mass is 9.98. The van der Waals surface area contributed by atoms with Gasteiger partial charge in [-0.1, -0.05) is 88.4 Å². The molecule has 2 heteroatoms. The second-order valence-electron chi connectivity index (χ2n) is 8.20. The van der Waals surface area contributed by atoms with Crippen molar-refractivity contribution in [2.24, 2.45) is 0 Å². The highest BCUT2D eigenvalue weighted by atomic mass is 19.1. The van der Waals surface area contributed by atoms with Crippen LogP contribution in [0, 0.1) is 5.82 Å². The van der Waals surface area contributed by atoms with Gasteiger partial charge in [0.2, 0.25) is 0 Å². The van der Waals surface area contributed by atoms with Crippen LogP contribution in [0.5, 0.6) is 0 Å². The van der Waals surface area contributed by atoms with Crippen molar-refractivity contribution in [3.63, 3.8) is 0 Å². The highest BCUT2D eigenvalue weighted by Gasteiger charge is 2.08. The van der Waals surface area contributed by atoms with Gasteiger partial charge in [-0.25, -0.2) is 4.39 Å². The topological polar surface area (TPSA) is 12.9 Å². The minimum atomic E-state index is -0.185. The average Bonchev–Trinajstić information content (AvgIpc) is 2.78. The van der Waals surface area contributed by atoms with E-state index in [0.29, 0.717) is 5.56 Å². The molecule has 0 aliphatic carbocycles. The van der Waals surface area contributed by atoms with Crippen molar-refractivity contribution in [1.82, 2.24) is 4.98 Å². The molecule has 1 heterocycles. The molecular weight excluding hydrogens is 369 g/mol. The van der Waals surface area contributed by atoms with Gasteiger partial charge < -0.3 is 0 Å². The van der Waals surface area contributed by atoms with Crippen molar-refractivity contribution >= 4 is 0 Å². The molecule has 1 aromatic heterocycles. The molecule has 3 rings (SSSR count). The van der Waals surface area contributed by atoms with Crippen molar-refractivity contribution in [2.45, 2.75) is 71.6 Å². The monoisotopic (exact) mass is 403 g/mol. The van der Waals surface area contributed by atoms with Crippen LogP contribution in [0.3, 0.4) is 0 Å². The maximum Gasteiger partial charge on any atom is 0.131 e. The number of rotatable bonds is 11. The summed E-state index contributed by atoms with van der Waals surface area (Å²) in [6.07, 6.45) is 12.7. The van der Waals surface area contributed by atoms with Crippen LogP contribution in [-0.4, -0.2) is 4.98 Å². The molecule has 1 nitrogen and oxygen atoms in total. The first kappa shape index (κ1) is 22.2. The summed E-state index contributed by atoms with van der Waals surface area (Å²) < 4.78 is 14.9. The Morgan fingerprint density at radius 1 is 0.667 bits per heavy atom. The Morgan fingerprint density at radius 3 is 2.03 bits per heavy atom. The van der Waals surface area contributed by atoms with E-state index in [9.17, 15) is 4.39 Å². The van der Waals surface area contributed by atoms with Crippen LogP contribution >= 0.6 is 0 Å². The SMILES string of the molecule is CCCCCCCc1ccc(-c2ccc(-c3ccc(CCCC)nc3)cc2F)cc1. The Kier molecular flexibility index (Phi) is 8.62. The van der Waals surface area contributed by atoms with E-state index in [1.807, 2.05) is 36.5 Å². The average molecular weight is 404 g/mol. The first-order chi connectivity index (χ1) is 14.7. The van der Waals surface area contributed by atoms with Gasteiger partial charge in [-0.15, -0.1) is 0 Å². The number of benzene rings is 2. The molecule has 3 aromatic rings. The van der Waals surface area contributed by atoms with Gasteiger partial charge in [0, 0.05) is 23.0 Å². The second-order valence-corrected chi connectivity index (χ2v) is 8.20. The number of halogens is 1. The van der Waals surface area contributed by atoms with Crippen molar-refractivity contribution in [2.75, 3.05) is 0 Å². The van der Waals surface area contributed by atoms with E-state index >= 15 is 0 Å². The first-order valence-electron chi connectivity index (χ1n) is 11.6. The predicted octanol–water partition coefficient (Wildman–Crippen LogP) is 8.41. The number of aromatic nitrogens is 1. The lowest BCUT2D eigenvalue weighted by molar-refractivity contribution is 0.631. The van der Waals surface area contributed by atoms with Crippen molar-refractivity contribution in [1.29, 1.82) is 0 Å². The molecule has 30 heavy (non-hydrogen) atoms. The molecule has 0 fully saturated rings. The van der Waals surface area contributed by atoms with Gasteiger partial charge >= 0.3 is 0 Å². The number of hydrogen-bond acceptors (Lipinski definition) is 1. The minimum absolute atomic E-state index is 0.185. The zero-order valence-electron chi connectivity index (χ0n) is 18.5. The summed E-state index contributed by atoms with van der Waals surface area (Å²) >= 11 is 0. The zero-order chi connectivity index (χ0) is 21.2. The maximum atomic E-state index is 14.9. The van der Waals surface area contributed by atoms with E-state index in [0.717, 1.165) is 48.1 Å². The second kappa shape index (κ2) is 11.6. The molecule has 0 saturated carbocycles. The van der Waals surface area contributed by atoms with Crippen LogP contribution in [0.4, 0.5) is 4.39 Å². The molecule has 0 unspecified atom stereocenters. The molecule has 0 bridgehead atoms. The highest BCUT2D eigenvalue weighted by Crippen LogP contribution is 2.28. The van der Waals surface area contributed by atoms with Crippen molar-refractivity contribution < 1.29 is 4.39 Å². The van der Waals surface area contributed by atoms with Crippen LogP contribution in [0.1, 0.15) is 70.1 Å². The van der Waals surface area contributed by atoms with Gasteiger partial charge in [-0.2, -0.15) is 0 Å². The number of aryl methyl sites for hydroxylation is 2. The molecule has 0 radical (unpaired) electrons. The number of pyridine rings is 1. The summed E-state index contributed by atoms with van der Waals surface area (Å²) in [6.45, 7) is 4.42. The molecule has 0 amide bonds. The largest absolute Gasteiger partial charge is 0.261 e. The highest BCUT2D eigenvalue weighted by molar-refractivity contribution is 5.70. The normalized spacial score (nSPS) is 11.0. The Bertz CT molecular complexity index is 897. The van der Waals surface area contributed by atoms with Crippen LogP contribution in [-0.2, 0) is 12.8 Å². The third-order valence-electron chi connectivity index (χ3n) is 5.75. The molecular formula is C28H34FN. The number of unbranched alkanes of at least 4 members (excludes halogenated alkanes) is 5. The summed E-state index contributed by atoms with van der Waals surface area (Å²) in [7, 11) is 0. The van der Waals surface area contributed by atoms with E-state index in [1.165, 1.54) is 37.7 Å². The fourth-order valence-corrected chi connectivity index (χ4v) is 3.81. The van der Waals surface area contributed by atoms with E-state index in [4.69, 9.17) is 0 Å². The Hall–Kier alpha value is -2.48. The molecule has 0 aliphatic rings.